The van der Waals surface area contributed by atoms with Crippen LogP contribution in [0.1, 0.15) is 5.69 Å². The Morgan fingerprint density at radius 1 is 1.00 bits per heavy atom. The zero-order valence-corrected chi connectivity index (χ0v) is 12.8. The maximum absolute atomic E-state index is 9.29. The number of nitrogens with one attached hydrogen (secondary N) is 1. The number of nitrogens with zero attached hydrogens (tertiary/aromatic N) is 5. The van der Waals surface area contributed by atoms with Gasteiger partial charge in [-0.15, -0.1) is 10.2 Å². The molecule has 2 aromatic carbocycles. The Balaban J connectivity index is 1.60. The minimum Gasteiger partial charge on any atom is -0.380 e. The molecule has 0 amide bonds. The van der Waals surface area contributed by atoms with Crippen LogP contribution in [0.5, 0.6) is 0 Å². The summed E-state index contributed by atoms with van der Waals surface area (Å²) in [5.41, 5.74) is 3.88. The fraction of sp³-hybridized carbons (Fsp3) is 0.111. The molecule has 2 heterocycles. The predicted molar refractivity (Wildman–Crippen MR) is 92.5 cm³/mol. The Kier molecular flexibility index (Phi) is 3.52. The molecule has 0 atom stereocenters. The van der Waals surface area contributed by atoms with Gasteiger partial charge in [-0.25, -0.2) is 4.98 Å². The van der Waals surface area contributed by atoms with Crippen molar-refractivity contribution in [3.05, 3.63) is 60.6 Å². The number of benzene rings is 2. The third-order valence-corrected chi connectivity index (χ3v) is 3.96. The van der Waals surface area contributed by atoms with Gasteiger partial charge in [0, 0.05) is 18.5 Å². The highest BCUT2D eigenvalue weighted by Crippen LogP contribution is 2.23. The van der Waals surface area contributed by atoms with Crippen molar-refractivity contribution in [3.63, 3.8) is 0 Å². The van der Waals surface area contributed by atoms with E-state index in [9.17, 15) is 5.26 Å². The fourth-order valence-electron chi connectivity index (χ4n) is 2.80. The lowest BCUT2D eigenvalue weighted by atomic mass is 10.1. The molecule has 0 aliphatic heterocycles. The number of imidazole rings is 1. The van der Waals surface area contributed by atoms with Crippen LogP contribution in [-0.4, -0.2) is 26.3 Å². The molecule has 1 N–H and O–H groups in total. The summed E-state index contributed by atoms with van der Waals surface area (Å²) in [4.78, 5) is 4.39. The maximum atomic E-state index is 9.29. The van der Waals surface area contributed by atoms with Crippen LogP contribution in [-0.2, 0) is 6.54 Å². The molecule has 6 nitrogen and oxygen atoms in total. The van der Waals surface area contributed by atoms with E-state index in [2.05, 4.69) is 31.1 Å². The Morgan fingerprint density at radius 3 is 2.67 bits per heavy atom. The summed E-state index contributed by atoms with van der Waals surface area (Å²) >= 11 is 0. The Morgan fingerprint density at radius 2 is 1.79 bits per heavy atom. The number of fused-ring (bicyclic) bond motifs is 2. The molecule has 0 unspecified atom stereocenters. The van der Waals surface area contributed by atoms with Gasteiger partial charge in [-0.3, -0.25) is 0 Å². The molecule has 0 radical (unpaired) electrons. The summed E-state index contributed by atoms with van der Waals surface area (Å²) < 4.78 is 2.09. The highest BCUT2D eigenvalue weighted by molar-refractivity contribution is 5.92. The molecule has 4 aromatic rings. The van der Waals surface area contributed by atoms with Crippen LogP contribution in [0.2, 0.25) is 0 Å². The van der Waals surface area contributed by atoms with Crippen molar-refractivity contribution < 1.29 is 0 Å². The molecule has 0 saturated heterocycles. The molecule has 0 fully saturated rings. The number of aromatic nitrogens is 4. The van der Waals surface area contributed by atoms with Gasteiger partial charge in [-0.1, -0.05) is 30.3 Å². The average molecular weight is 314 g/mol. The molecule has 0 aliphatic carbocycles. The van der Waals surface area contributed by atoms with Crippen LogP contribution in [0.15, 0.2) is 54.9 Å². The minimum absolute atomic E-state index is 0.309. The van der Waals surface area contributed by atoms with Crippen molar-refractivity contribution in [1.82, 2.24) is 19.7 Å². The molecule has 116 valence electrons. The lowest BCUT2D eigenvalue weighted by molar-refractivity contribution is 0.748. The van der Waals surface area contributed by atoms with Gasteiger partial charge in [0.05, 0.1) is 28.6 Å². The summed E-state index contributed by atoms with van der Waals surface area (Å²) in [6.07, 6.45) is 1.83. The van der Waals surface area contributed by atoms with E-state index in [0.29, 0.717) is 12.2 Å². The fourth-order valence-corrected chi connectivity index (χ4v) is 2.80. The second-order valence-electron chi connectivity index (χ2n) is 5.41. The highest BCUT2D eigenvalue weighted by Gasteiger charge is 2.10. The summed E-state index contributed by atoms with van der Waals surface area (Å²) in [5.74, 6) is 0. The van der Waals surface area contributed by atoms with Crippen molar-refractivity contribution in [2.45, 2.75) is 6.54 Å². The standard InChI is InChI=1S/C18H14N6/c19-11-16-18(13-5-1-2-6-14(13)22-23-16)20-9-10-24-12-21-15-7-3-4-8-17(15)24/h1-8,12H,9-10H2,(H,20,22). The zero-order chi connectivity index (χ0) is 16.4. The van der Waals surface area contributed by atoms with Crippen LogP contribution in [0.4, 0.5) is 5.69 Å². The quantitative estimate of drug-likeness (QED) is 0.626. The van der Waals surface area contributed by atoms with E-state index in [0.717, 1.165) is 34.2 Å². The van der Waals surface area contributed by atoms with E-state index in [1.807, 2.05) is 54.9 Å². The van der Waals surface area contributed by atoms with Gasteiger partial charge in [0.15, 0.2) is 5.69 Å². The molecule has 2 aromatic heterocycles. The molecule has 0 saturated carbocycles. The van der Waals surface area contributed by atoms with E-state index in [1.165, 1.54) is 0 Å². The summed E-state index contributed by atoms with van der Waals surface area (Å²) in [6, 6.07) is 17.8. The molecule has 6 heteroatoms. The van der Waals surface area contributed by atoms with E-state index in [4.69, 9.17) is 0 Å². The van der Waals surface area contributed by atoms with Gasteiger partial charge in [0.2, 0.25) is 0 Å². The molecule has 24 heavy (non-hydrogen) atoms. The largest absolute Gasteiger partial charge is 0.380 e. The average Bonchev–Trinajstić information content (AvgIpc) is 3.05. The Hall–Kier alpha value is -3.46. The second kappa shape index (κ2) is 5.97. The van der Waals surface area contributed by atoms with Crippen LogP contribution < -0.4 is 5.32 Å². The van der Waals surface area contributed by atoms with Crippen molar-refractivity contribution >= 4 is 27.6 Å². The lowest BCUT2D eigenvalue weighted by Crippen LogP contribution is -2.12. The minimum atomic E-state index is 0.309. The number of rotatable bonds is 4. The number of anilines is 1. The van der Waals surface area contributed by atoms with Crippen LogP contribution >= 0.6 is 0 Å². The summed E-state index contributed by atoms with van der Waals surface area (Å²) in [5, 5.41) is 21.6. The van der Waals surface area contributed by atoms with Crippen LogP contribution in [0, 0.1) is 11.3 Å². The SMILES string of the molecule is N#Cc1nnc2ccccc2c1NCCn1cnc2ccccc21. The monoisotopic (exact) mass is 314 g/mol. The van der Waals surface area contributed by atoms with Gasteiger partial charge < -0.3 is 9.88 Å². The molecular weight excluding hydrogens is 300 g/mol. The number of nitriles is 1. The first kappa shape index (κ1) is 14.2. The first-order valence-electron chi connectivity index (χ1n) is 7.66. The first-order chi connectivity index (χ1) is 11.9. The van der Waals surface area contributed by atoms with Crippen LogP contribution in [0.3, 0.4) is 0 Å². The Bertz CT molecular complexity index is 1060. The van der Waals surface area contributed by atoms with Gasteiger partial charge >= 0.3 is 0 Å². The molecule has 4 rings (SSSR count). The normalized spacial score (nSPS) is 10.8. The molecule has 0 aliphatic rings. The Labute approximate surface area is 138 Å². The summed E-state index contributed by atoms with van der Waals surface area (Å²) in [7, 11) is 0. The zero-order valence-electron chi connectivity index (χ0n) is 12.8. The molecular formula is C18H14N6. The van der Waals surface area contributed by atoms with Crippen molar-refractivity contribution in [2.24, 2.45) is 0 Å². The topological polar surface area (TPSA) is 79.4 Å². The number of hydrogen-bond acceptors (Lipinski definition) is 5. The van der Waals surface area contributed by atoms with Crippen LogP contribution in [0.25, 0.3) is 21.9 Å². The highest BCUT2D eigenvalue weighted by atomic mass is 15.1. The van der Waals surface area contributed by atoms with Crippen molar-refractivity contribution in [2.75, 3.05) is 11.9 Å². The summed E-state index contributed by atoms with van der Waals surface area (Å²) in [6.45, 7) is 1.40. The first-order valence-corrected chi connectivity index (χ1v) is 7.66. The molecule has 0 spiro atoms. The van der Waals surface area contributed by atoms with E-state index < -0.39 is 0 Å². The third-order valence-electron chi connectivity index (χ3n) is 3.96. The molecule has 0 bridgehead atoms. The smallest absolute Gasteiger partial charge is 0.186 e. The van der Waals surface area contributed by atoms with Gasteiger partial charge in [-0.2, -0.15) is 5.26 Å². The predicted octanol–water partition coefficient (Wildman–Crippen LogP) is 2.96. The van der Waals surface area contributed by atoms with Gasteiger partial charge in [0.1, 0.15) is 6.07 Å². The van der Waals surface area contributed by atoms with Gasteiger partial charge in [0.25, 0.3) is 0 Å². The van der Waals surface area contributed by atoms with Crippen molar-refractivity contribution in [1.29, 1.82) is 5.26 Å². The number of hydrogen-bond donors (Lipinski definition) is 1. The number of para-hydroxylation sites is 2. The second-order valence-corrected chi connectivity index (χ2v) is 5.41. The van der Waals surface area contributed by atoms with Gasteiger partial charge in [-0.05, 0) is 18.2 Å². The van der Waals surface area contributed by atoms with E-state index in [1.54, 1.807) is 0 Å². The van der Waals surface area contributed by atoms with E-state index in [-0.39, 0.29) is 0 Å². The third kappa shape index (κ3) is 2.42. The lowest BCUT2D eigenvalue weighted by Gasteiger charge is -2.11. The van der Waals surface area contributed by atoms with E-state index >= 15 is 0 Å². The maximum Gasteiger partial charge on any atom is 0.186 e. The van der Waals surface area contributed by atoms with Crippen molar-refractivity contribution in [3.8, 4) is 6.07 Å².